The summed E-state index contributed by atoms with van der Waals surface area (Å²) in [5.41, 5.74) is 0.766. The predicted octanol–water partition coefficient (Wildman–Crippen LogP) is 2.97. The number of nitrogens with one attached hydrogen (secondary N) is 1. The molecule has 0 atom stereocenters. The maximum absolute atomic E-state index is 12.0. The van der Waals surface area contributed by atoms with Gasteiger partial charge in [0.15, 0.2) is 0 Å². The molecule has 1 aromatic heterocycles. The lowest BCUT2D eigenvalue weighted by Gasteiger charge is -2.15. The van der Waals surface area contributed by atoms with Gasteiger partial charge in [-0.25, -0.2) is 18.4 Å². The first kappa shape index (κ1) is 17.5. The Kier molecular flexibility index (Phi) is 5.40. The largest absolute Gasteiger partial charge is 0.478 e. The third-order valence-electron chi connectivity index (χ3n) is 3.27. The highest BCUT2D eigenvalue weighted by Crippen LogP contribution is 2.38. The molecule has 0 saturated carbocycles. The molecule has 0 saturated heterocycles. The molecule has 23 heavy (non-hydrogen) atoms. The lowest BCUT2D eigenvalue weighted by molar-refractivity contribution is 0.0696. The van der Waals surface area contributed by atoms with Crippen LogP contribution in [-0.2, 0) is 10.0 Å². The zero-order valence-electron chi connectivity index (χ0n) is 12.6. The van der Waals surface area contributed by atoms with Crippen LogP contribution in [0.4, 0.5) is 5.69 Å². The normalized spacial score (nSPS) is 11.4. The van der Waals surface area contributed by atoms with Crippen molar-refractivity contribution in [2.24, 2.45) is 5.14 Å². The van der Waals surface area contributed by atoms with E-state index in [1.54, 1.807) is 12.1 Å². The summed E-state index contributed by atoms with van der Waals surface area (Å²) in [6, 6.07) is 6.13. The molecule has 4 N–H and O–H groups in total. The minimum Gasteiger partial charge on any atom is -0.478 e. The van der Waals surface area contributed by atoms with Gasteiger partial charge >= 0.3 is 5.97 Å². The summed E-state index contributed by atoms with van der Waals surface area (Å²) < 4.78 is 23.9. The second-order valence-electron chi connectivity index (χ2n) is 5.00. The number of hydrogen-bond donors (Lipinski definition) is 3. The SMILES string of the molecule is CCCCNc1cc(C(=O)O)cc(S(N)(=O)=O)c1-c1cccs1. The Hall–Kier alpha value is -1.90. The number of aromatic carboxylic acids is 1. The molecule has 0 aliphatic rings. The van der Waals surface area contributed by atoms with Crippen LogP contribution < -0.4 is 10.5 Å². The second kappa shape index (κ2) is 7.12. The Bertz CT molecular complexity index is 799. The van der Waals surface area contributed by atoms with Gasteiger partial charge in [0.1, 0.15) is 0 Å². The first-order chi connectivity index (χ1) is 10.8. The quantitative estimate of drug-likeness (QED) is 0.662. The van der Waals surface area contributed by atoms with Crippen molar-refractivity contribution in [3.8, 4) is 10.4 Å². The summed E-state index contributed by atoms with van der Waals surface area (Å²) in [5, 5.41) is 19.5. The van der Waals surface area contributed by atoms with Crippen LogP contribution >= 0.6 is 11.3 Å². The lowest BCUT2D eigenvalue weighted by atomic mass is 10.1. The summed E-state index contributed by atoms with van der Waals surface area (Å²) >= 11 is 1.37. The molecule has 0 amide bonds. The van der Waals surface area contributed by atoms with Crippen molar-refractivity contribution in [1.82, 2.24) is 0 Å². The number of anilines is 1. The minimum atomic E-state index is -4.07. The number of unbranched alkanes of at least 4 members (excludes halogenated alkanes) is 1. The molecule has 2 rings (SSSR count). The number of primary sulfonamides is 1. The number of benzene rings is 1. The average molecular weight is 354 g/mol. The molecule has 0 fully saturated rings. The van der Waals surface area contributed by atoms with Crippen molar-refractivity contribution in [3.63, 3.8) is 0 Å². The topological polar surface area (TPSA) is 109 Å². The van der Waals surface area contributed by atoms with Crippen LogP contribution in [0.5, 0.6) is 0 Å². The second-order valence-corrected chi connectivity index (χ2v) is 7.48. The van der Waals surface area contributed by atoms with Gasteiger partial charge in [-0.1, -0.05) is 19.4 Å². The Morgan fingerprint density at radius 1 is 1.39 bits per heavy atom. The maximum atomic E-state index is 12.0. The molecule has 0 aliphatic carbocycles. The smallest absolute Gasteiger partial charge is 0.335 e. The highest BCUT2D eigenvalue weighted by atomic mass is 32.2. The molecule has 8 heteroatoms. The Morgan fingerprint density at radius 2 is 2.13 bits per heavy atom. The highest BCUT2D eigenvalue weighted by molar-refractivity contribution is 7.89. The molecule has 1 aromatic carbocycles. The number of hydrogen-bond acceptors (Lipinski definition) is 5. The van der Waals surface area contributed by atoms with E-state index in [9.17, 15) is 18.3 Å². The minimum absolute atomic E-state index is 0.117. The van der Waals surface area contributed by atoms with Gasteiger partial charge < -0.3 is 10.4 Å². The molecule has 1 heterocycles. The van der Waals surface area contributed by atoms with Crippen LogP contribution in [0.1, 0.15) is 30.1 Å². The van der Waals surface area contributed by atoms with Crippen LogP contribution in [-0.4, -0.2) is 26.0 Å². The van der Waals surface area contributed by atoms with E-state index < -0.39 is 16.0 Å². The summed E-state index contributed by atoms with van der Waals surface area (Å²) in [6.45, 7) is 2.65. The van der Waals surface area contributed by atoms with Gasteiger partial charge in [0.2, 0.25) is 10.0 Å². The van der Waals surface area contributed by atoms with Crippen molar-refractivity contribution in [1.29, 1.82) is 0 Å². The molecular formula is C15H18N2O4S2. The Morgan fingerprint density at radius 3 is 2.65 bits per heavy atom. The van der Waals surface area contributed by atoms with E-state index >= 15 is 0 Å². The standard InChI is InChI=1S/C15H18N2O4S2/c1-2-3-6-17-11-8-10(15(18)19)9-13(23(16,20)21)14(11)12-5-4-7-22-12/h4-5,7-9,17H,2-3,6H2,1H3,(H,18,19)(H2,16,20,21). The third-order valence-corrected chi connectivity index (χ3v) is 5.09. The molecule has 0 unspecified atom stereocenters. The first-order valence-corrected chi connectivity index (χ1v) is 9.49. The molecule has 0 radical (unpaired) electrons. The zero-order chi connectivity index (χ0) is 17.0. The van der Waals surface area contributed by atoms with Gasteiger partial charge in [-0.2, -0.15) is 0 Å². The van der Waals surface area contributed by atoms with E-state index in [0.717, 1.165) is 18.9 Å². The van der Waals surface area contributed by atoms with E-state index in [1.807, 2.05) is 12.3 Å². The van der Waals surface area contributed by atoms with Gasteiger partial charge in [-0.05, 0) is 30.0 Å². The Labute approximate surface area is 139 Å². The number of carbonyl (C=O) groups is 1. The van der Waals surface area contributed by atoms with Gasteiger partial charge in [0.05, 0.1) is 10.5 Å². The van der Waals surface area contributed by atoms with E-state index in [4.69, 9.17) is 5.14 Å². The predicted molar refractivity (Wildman–Crippen MR) is 91.5 cm³/mol. The van der Waals surface area contributed by atoms with E-state index in [2.05, 4.69) is 5.32 Å². The number of sulfonamides is 1. The van der Waals surface area contributed by atoms with E-state index in [1.165, 1.54) is 17.4 Å². The van der Waals surface area contributed by atoms with Crippen molar-refractivity contribution >= 4 is 33.0 Å². The van der Waals surface area contributed by atoms with Gasteiger partial charge in [-0.15, -0.1) is 11.3 Å². The number of carboxylic acid groups (broad SMARTS) is 1. The third kappa shape index (κ3) is 4.10. The van der Waals surface area contributed by atoms with Crippen molar-refractivity contribution < 1.29 is 18.3 Å². The molecule has 0 bridgehead atoms. The van der Waals surface area contributed by atoms with E-state index in [0.29, 0.717) is 22.7 Å². The molecule has 6 nitrogen and oxygen atoms in total. The molecular weight excluding hydrogens is 336 g/mol. The number of carboxylic acids is 1. The van der Waals surface area contributed by atoms with Gasteiger partial charge in [-0.3, -0.25) is 0 Å². The highest BCUT2D eigenvalue weighted by Gasteiger charge is 2.22. The number of nitrogens with two attached hydrogens (primary N) is 1. The Balaban J connectivity index is 2.70. The first-order valence-electron chi connectivity index (χ1n) is 7.06. The fraction of sp³-hybridized carbons (Fsp3) is 0.267. The monoisotopic (exact) mass is 354 g/mol. The fourth-order valence-corrected chi connectivity index (χ4v) is 3.84. The van der Waals surface area contributed by atoms with E-state index in [-0.39, 0.29) is 10.5 Å². The summed E-state index contributed by atoms with van der Waals surface area (Å²) in [4.78, 5) is 11.8. The maximum Gasteiger partial charge on any atom is 0.335 e. The number of thiophene rings is 1. The van der Waals surface area contributed by atoms with Crippen LogP contribution in [0.25, 0.3) is 10.4 Å². The molecule has 2 aromatic rings. The molecule has 0 aliphatic heterocycles. The van der Waals surface area contributed by atoms with Crippen molar-refractivity contribution in [2.75, 3.05) is 11.9 Å². The van der Waals surface area contributed by atoms with Gasteiger partial charge in [0, 0.05) is 22.7 Å². The van der Waals surface area contributed by atoms with Gasteiger partial charge in [0.25, 0.3) is 0 Å². The fourth-order valence-electron chi connectivity index (χ4n) is 2.18. The summed E-state index contributed by atoms with van der Waals surface area (Å²) in [7, 11) is -4.07. The van der Waals surface area contributed by atoms with Crippen LogP contribution in [0.15, 0.2) is 34.5 Å². The molecule has 124 valence electrons. The summed E-state index contributed by atoms with van der Waals surface area (Å²) in [6.07, 6.45) is 1.84. The number of rotatable bonds is 7. The molecule has 0 spiro atoms. The van der Waals surface area contributed by atoms with Crippen molar-refractivity contribution in [3.05, 3.63) is 35.2 Å². The van der Waals surface area contributed by atoms with Crippen LogP contribution in [0.3, 0.4) is 0 Å². The van der Waals surface area contributed by atoms with Crippen molar-refractivity contribution in [2.45, 2.75) is 24.7 Å². The average Bonchev–Trinajstić information content (AvgIpc) is 2.99. The lowest BCUT2D eigenvalue weighted by Crippen LogP contribution is -2.16. The van der Waals surface area contributed by atoms with Crippen LogP contribution in [0.2, 0.25) is 0 Å². The zero-order valence-corrected chi connectivity index (χ0v) is 14.2. The summed E-state index contributed by atoms with van der Waals surface area (Å²) in [5.74, 6) is -1.20. The van der Waals surface area contributed by atoms with Crippen LogP contribution in [0, 0.1) is 0 Å².